The normalized spacial score (nSPS) is 14.2. The van der Waals surface area contributed by atoms with Crippen LogP contribution in [0.1, 0.15) is 17.5 Å². The van der Waals surface area contributed by atoms with Crippen molar-refractivity contribution in [3.8, 4) is 0 Å². The van der Waals surface area contributed by atoms with Crippen LogP contribution in [0.25, 0.3) is 5.57 Å². The molecule has 0 saturated carbocycles. The predicted molar refractivity (Wildman–Crippen MR) is 49.8 cm³/mol. The van der Waals surface area contributed by atoms with Gasteiger partial charge in [-0.05, 0) is 41.7 Å². The van der Waals surface area contributed by atoms with E-state index in [0.717, 1.165) is 23.1 Å². The van der Waals surface area contributed by atoms with Gasteiger partial charge in [-0.15, -0.1) is 0 Å². The predicted octanol–water partition coefficient (Wildman–Crippen LogP) is 2.15. The maximum absolute atomic E-state index is 12.9. The highest BCUT2D eigenvalue weighted by molar-refractivity contribution is 5.73. The number of halogens is 1. The summed E-state index contributed by atoms with van der Waals surface area (Å²) in [7, 11) is 0. The van der Waals surface area contributed by atoms with Crippen LogP contribution >= 0.6 is 0 Å². The highest BCUT2D eigenvalue weighted by atomic mass is 19.1. The van der Waals surface area contributed by atoms with Gasteiger partial charge in [0.15, 0.2) is 0 Å². The van der Waals surface area contributed by atoms with E-state index in [9.17, 15) is 4.39 Å². The first-order valence-electron chi connectivity index (χ1n) is 4.40. The zero-order valence-corrected chi connectivity index (χ0v) is 7.26. The Balaban J connectivity index is 2.36. The molecule has 2 rings (SSSR count). The first kappa shape index (κ1) is 8.45. The lowest BCUT2D eigenvalue weighted by Crippen LogP contribution is -1.89. The van der Waals surface area contributed by atoms with Crippen LogP contribution in [0, 0.1) is 5.82 Å². The van der Waals surface area contributed by atoms with Gasteiger partial charge in [0, 0.05) is 6.61 Å². The minimum absolute atomic E-state index is 0.127. The Bertz CT molecular complexity index is 355. The maximum atomic E-state index is 12.9. The molecule has 13 heavy (non-hydrogen) atoms. The largest absolute Gasteiger partial charge is 0.396 e. The molecule has 0 atom stereocenters. The molecule has 0 aliphatic heterocycles. The monoisotopic (exact) mass is 178 g/mol. The van der Waals surface area contributed by atoms with Gasteiger partial charge < -0.3 is 5.11 Å². The van der Waals surface area contributed by atoms with Crippen molar-refractivity contribution in [2.75, 3.05) is 6.61 Å². The van der Waals surface area contributed by atoms with Gasteiger partial charge in [-0.25, -0.2) is 4.39 Å². The third-order valence-corrected chi connectivity index (χ3v) is 2.37. The van der Waals surface area contributed by atoms with E-state index < -0.39 is 0 Å². The molecule has 0 spiro atoms. The van der Waals surface area contributed by atoms with Gasteiger partial charge >= 0.3 is 0 Å². The molecular formula is C11H11FO. The standard InChI is InChI=1S/C11H11FO/c12-10-4-3-8-1-2-9(5-6-13)11(8)7-10/h2-4,7,13H,1,5-6H2. The fourth-order valence-electron chi connectivity index (χ4n) is 1.73. The Morgan fingerprint density at radius 1 is 1.38 bits per heavy atom. The van der Waals surface area contributed by atoms with Gasteiger partial charge in [0.1, 0.15) is 5.82 Å². The molecule has 0 bridgehead atoms. The van der Waals surface area contributed by atoms with Gasteiger partial charge in [-0.2, -0.15) is 0 Å². The van der Waals surface area contributed by atoms with Crippen LogP contribution in [0.3, 0.4) is 0 Å². The summed E-state index contributed by atoms with van der Waals surface area (Å²) >= 11 is 0. The topological polar surface area (TPSA) is 20.2 Å². The lowest BCUT2D eigenvalue weighted by atomic mass is 10.0. The van der Waals surface area contributed by atoms with Crippen LogP contribution in [0.2, 0.25) is 0 Å². The van der Waals surface area contributed by atoms with E-state index >= 15 is 0 Å². The molecule has 0 saturated heterocycles. The van der Waals surface area contributed by atoms with E-state index in [-0.39, 0.29) is 12.4 Å². The molecular weight excluding hydrogens is 167 g/mol. The first-order chi connectivity index (χ1) is 6.31. The molecule has 68 valence electrons. The van der Waals surface area contributed by atoms with E-state index in [4.69, 9.17) is 5.11 Å². The second-order valence-corrected chi connectivity index (χ2v) is 3.21. The number of aliphatic hydroxyl groups excluding tert-OH is 1. The van der Waals surface area contributed by atoms with Gasteiger partial charge in [-0.1, -0.05) is 12.1 Å². The maximum Gasteiger partial charge on any atom is 0.123 e. The number of allylic oxidation sites excluding steroid dienone is 1. The Morgan fingerprint density at radius 3 is 3.00 bits per heavy atom. The second kappa shape index (κ2) is 3.30. The number of hydrogen-bond acceptors (Lipinski definition) is 1. The van der Waals surface area contributed by atoms with Crippen molar-refractivity contribution in [1.82, 2.24) is 0 Å². The molecule has 0 aromatic heterocycles. The molecule has 0 radical (unpaired) electrons. The van der Waals surface area contributed by atoms with E-state index in [1.165, 1.54) is 6.07 Å². The van der Waals surface area contributed by atoms with Crippen molar-refractivity contribution in [2.24, 2.45) is 0 Å². The summed E-state index contributed by atoms with van der Waals surface area (Å²) in [6, 6.07) is 4.84. The van der Waals surface area contributed by atoms with Gasteiger partial charge in [-0.3, -0.25) is 0 Å². The molecule has 0 amide bonds. The Kier molecular flexibility index (Phi) is 2.15. The number of fused-ring (bicyclic) bond motifs is 1. The lowest BCUT2D eigenvalue weighted by Gasteiger charge is -2.03. The Labute approximate surface area is 76.5 Å². The zero-order valence-electron chi connectivity index (χ0n) is 7.26. The summed E-state index contributed by atoms with van der Waals surface area (Å²) in [6.07, 6.45) is 3.54. The summed E-state index contributed by atoms with van der Waals surface area (Å²) in [5, 5.41) is 8.79. The molecule has 1 nitrogen and oxygen atoms in total. The van der Waals surface area contributed by atoms with E-state index in [2.05, 4.69) is 6.08 Å². The zero-order chi connectivity index (χ0) is 9.26. The number of aliphatic hydroxyl groups is 1. The number of benzene rings is 1. The third-order valence-electron chi connectivity index (χ3n) is 2.37. The fourth-order valence-corrected chi connectivity index (χ4v) is 1.73. The molecule has 1 aromatic carbocycles. The average molecular weight is 178 g/mol. The molecule has 1 aliphatic rings. The van der Waals surface area contributed by atoms with Gasteiger partial charge in [0.2, 0.25) is 0 Å². The Morgan fingerprint density at radius 2 is 2.23 bits per heavy atom. The van der Waals surface area contributed by atoms with Crippen LogP contribution in [-0.4, -0.2) is 11.7 Å². The van der Waals surface area contributed by atoms with Gasteiger partial charge in [0.25, 0.3) is 0 Å². The fraction of sp³-hybridized carbons (Fsp3) is 0.273. The lowest BCUT2D eigenvalue weighted by molar-refractivity contribution is 0.305. The van der Waals surface area contributed by atoms with E-state index in [1.807, 2.05) is 6.07 Å². The highest BCUT2D eigenvalue weighted by Gasteiger charge is 2.13. The van der Waals surface area contributed by atoms with Crippen LogP contribution in [0.4, 0.5) is 4.39 Å². The van der Waals surface area contributed by atoms with Gasteiger partial charge in [0.05, 0.1) is 0 Å². The van der Waals surface area contributed by atoms with Crippen molar-refractivity contribution in [3.63, 3.8) is 0 Å². The highest BCUT2D eigenvalue weighted by Crippen LogP contribution is 2.29. The number of hydrogen-bond donors (Lipinski definition) is 1. The van der Waals surface area contributed by atoms with Crippen molar-refractivity contribution >= 4 is 5.57 Å². The van der Waals surface area contributed by atoms with Crippen LogP contribution in [0.15, 0.2) is 24.3 Å². The minimum Gasteiger partial charge on any atom is -0.396 e. The number of rotatable bonds is 2. The minimum atomic E-state index is -0.204. The Hall–Kier alpha value is -1.15. The summed E-state index contributed by atoms with van der Waals surface area (Å²) in [6.45, 7) is 0.127. The quantitative estimate of drug-likeness (QED) is 0.735. The van der Waals surface area contributed by atoms with E-state index in [1.54, 1.807) is 6.07 Å². The third kappa shape index (κ3) is 1.49. The molecule has 0 unspecified atom stereocenters. The molecule has 0 heterocycles. The smallest absolute Gasteiger partial charge is 0.123 e. The van der Waals surface area contributed by atoms with Crippen molar-refractivity contribution < 1.29 is 9.50 Å². The summed E-state index contributed by atoms with van der Waals surface area (Å²) in [5.74, 6) is -0.204. The van der Waals surface area contributed by atoms with Crippen molar-refractivity contribution in [1.29, 1.82) is 0 Å². The van der Waals surface area contributed by atoms with E-state index in [0.29, 0.717) is 6.42 Å². The van der Waals surface area contributed by atoms with Crippen LogP contribution < -0.4 is 0 Å². The van der Waals surface area contributed by atoms with Crippen molar-refractivity contribution in [3.05, 3.63) is 41.2 Å². The summed E-state index contributed by atoms with van der Waals surface area (Å²) in [4.78, 5) is 0. The van der Waals surface area contributed by atoms with Crippen molar-refractivity contribution in [2.45, 2.75) is 12.8 Å². The van der Waals surface area contributed by atoms with Crippen LogP contribution in [-0.2, 0) is 6.42 Å². The molecule has 2 heteroatoms. The SMILES string of the molecule is OCCC1=CCc2ccc(F)cc21. The molecule has 0 fully saturated rings. The molecule has 1 N–H and O–H groups in total. The molecule has 1 aliphatic carbocycles. The summed E-state index contributed by atoms with van der Waals surface area (Å²) < 4.78 is 12.9. The van der Waals surface area contributed by atoms with Crippen LogP contribution in [0.5, 0.6) is 0 Å². The average Bonchev–Trinajstić information content (AvgIpc) is 2.49. The first-order valence-corrected chi connectivity index (χ1v) is 4.40. The summed E-state index contributed by atoms with van der Waals surface area (Å²) in [5.41, 5.74) is 3.19. The second-order valence-electron chi connectivity index (χ2n) is 3.21. The molecule has 1 aromatic rings.